The van der Waals surface area contributed by atoms with Gasteiger partial charge in [-0.3, -0.25) is 14.8 Å². The number of fused-ring (bicyclic) bond motifs is 1. The average Bonchev–Trinajstić information content (AvgIpc) is 2.51. The molecule has 0 unspecified atom stereocenters. The Morgan fingerprint density at radius 1 is 1.05 bits per heavy atom. The molecule has 21 heavy (non-hydrogen) atoms. The lowest BCUT2D eigenvalue weighted by Gasteiger charge is -2.09. The van der Waals surface area contributed by atoms with Gasteiger partial charge in [0, 0.05) is 35.1 Å². The molecular formula is C15H11ClN4O. The van der Waals surface area contributed by atoms with Crippen LogP contribution in [0.3, 0.4) is 0 Å². The van der Waals surface area contributed by atoms with E-state index in [1.807, 2.05) is 0 Å². The summed E-state index contributed by atoms with van der Waals surface area (Å²) in [5.41, 5.74) is 7.33. The number of carbonyl (C=O) groups excluding carboxylic acids is 1. The van der Waals surface area contributed by atoms with Gasteiger partial charge in [0.2, 0.25) is 0 Å². The van der Waals surface area contributed by atoms with E-state index in [0.717, 1.165) is 0 Å². The summed E-state index contributed by atoms with van der Waals surface area (Å²) in [6, 6.07) is 8.54. The zero-order chi connectivity index (χ0) is 14.8. The molecule has 1 amide bonds. The number of rotatable bonds is 2. The van der Waals surface area contributed by atoms with Gasteiger partial charge >= 0.3 is 0 Å². The van der Waals surface area contributed by atoms with Crippen molar-refractivity contribution in [1.82, 2.24) is 9.97 Å². The lowest BCUT2D eigenvalue weighted by molar-refractivity contribution is 0.102. The number of carbonyl (C=O) groups is 1. The largest absolute Gasteiger partial charge is 0.397 e. The summed E-state index contributed by atoms with van der Waals surface area (Å²) in [6.45, 7) is 0. The van der Waals surface area contributed by atoms with Crippen LogP contribution in [0.15, 0.2) is 48.9 Å². The number of nitrogen functional groups attached to an aromatic ring is 1. The number of hydrogen-bond acceptors (Lipinski definition) is 4. The second kappa shape index (κ2) is 5.38. The minimum atomic E-state index is -0.312. The number of nitrogens with zero attached hydrogens (tertiary/aromatic N) is 2. The Labute approximate surface area is 125 Å². The molecule has 0 radical (unpaired) electrons. The maximum absolute atomic E-state index is 12.4. The summed E-state index contributed by atoms with van der Waals surface area (Å²) in [5, 5.41) is 4.59. The van der Waals surface area contributed by atoms with Crippen molar-refractivity contribution in [3.63, 3.8) is 0 Å². The molecule has 0 aliphatic rings. The van der Waals surface area contributed by atoms with Crippen molar-refractivity contribution in [2.45, 2.75) is 0 Å². The van der Waals surface area contributed by atoms with E-state index in [9.17, 15) is 4.79 Å². The molecule has 0 aliphatic heterocycles. The summed E-state index contributed by atoms with van der Waals surface area (Å²) in [6.07, 6.45) is 4.74. The van der Waals surface area contributed by atoms with Crippen molar-refractivity contribution in [3.05, 3.63) is 59.6 Å². The van der Waals surface area contributed by atoms with E-state index in [4.69, 9.17) is 17.3 Å². The van der Waals surface area contributed by atoms with Crippen molar-refractivity contribution < 1.29 is 4.79 Å². The van der Waals surface area contributed by atoms with Crippen LogP contribution < -0.4 is 11.1 Å². The first kappa shape index (κ1) is 13.3. The van der Waals surface area contributed by atoms with Gasteiger partial charge < -0.3 is 11.1 Å². The highest BCUT2D eigenvalue weighted by Crippen LogP contribution is 2.29. The van der Waals surface area contributed by atoms with Crippen LogP contribution in [-0.2, 0) is 0 Å². The standard InChI is InChI=1S/C15H11ClN4O/c16-12-2-1-11-10(13(12)17)5-8-19-14(11)15(21)20-9-3-6-18-7-4-9/h1-8H,17H2,(H,18,20,21). The summed E-state index contributed by atoms with van der Waals surface area (Å²) in [4.78, 5) is 20.4. The molecular weight excluding hydrogens is 288 g/mol. The van der Waals surface area contributed by atoms with Gasteiger partial charge in [-0.2, -0.15) is 0 Å². The van der Waals surface area contributed by atoms with E-state index in [1.165, 1.54) is 6.20 Å². The fraction of sp³-hybridized carbons (Fsp3) is 0. The van der Waals surface area contributed by atoms with E-state index in [1.54, 1.807) is 42.7 Å². The molecule has 0 aliphatic carbocycles. The number of nitrogens with one attached hydrogen (secondary N) is 1. The Bertz CT molecular complexity index is 821. The second-order valence-electron chi connectivity index (χ2n) is 4.41. The van der Waals surface area contributed by atoms with E-state index in [0.29, 0.717) is 32.9 Å². The predicted octanol–water partition coefficient (Wildman–Crippen LogP) is 3.12. The molecule has 6 heteroatoms. The summed E-state index contributed by atoms with van der Waals surface area (Å²) < 4.78 is 0. The molecule has 0 saturated heterocycles. The summed E-state index contributed by atoms with van der Waals surface area (Å²) in [5.74, 6) is -0.312. The lowest BCUT2D eigenvalue weighted by Crippen LogP contribution is -2.14. The smallest absolute Gasteiger partial charge is 0.274 e. The van der Waals surface area contributed by atoms with E-state index in [2.05, 4.69) is 15.3 Å². The van der Waals surface area contributed by atoms with Crippen molar-refractivity contribution in [2.75, 3.05) is 11.1 Å². The van der Waals surface area contributed by atoms with Crippen molar-refractivity contribution >= 4 is 39.7 Å². The van der Waals surface area contributed by atoms with Crippen LogP contribution in [0.25, 0.3) is 10.8 Å². The fourth-order valence-corrected chi connectivity index (χ4v) is 2.22. The van der Waals surface area contributed by atoms with E-state index in [-0.39, 0.29) is 5.91 Å². The Balaban J connectivity index is 2.05. The topological polar surface area (TPSA) is 80.9 Å². The number of amides is 1. The van der Waals surface area contributed by atoms with Crippen LogP contribution in [0.4, 0.5) is 11.4 Å². The van der Waals surface area contributed by atoms with Gasteiger partial charge in [0.25, 0.3) is 5.91 Å². The number of hydrogen-bond donors (Lipinski definition) is 2. The van der Waals surface area contributed by atoms with Gasteiger partial charge in [-0.25, -0.2) is 0 Å². The van der Waals surface area contributed by atoms with Crippen LogP contribution in [0, 0.1) is 0 Å². The van der Waals surface area contributed by atoms with E-state index < -0.39 is 0 Å². The fourth-order valence-electron chi connectivity index (χ4n) is 2.06. The van der Waals surface area contributed by atoms with Gasteiger partial charge in [-0.1, -0.05) is 17.7 Å². The third kappa shape index (κ3) is 2.51. The Hall–Kier alpha value is -2.66. The minimum Gasteiger partial charge on any atom is -0.397 e. The van der Waals surface area contributed by atoms with Crippen LogP contribution in [0.2, 0.25) is 5.02 Å². The molecule has 0 atom stereocenters. The number of halogens is 1. The summed E-state index contributed by atoms with van der Waals surface area (Å²) >= 11 is 6.00. The van der Waals surface area contributed by atoms with Crippen LogP contribution in [0.5, 0.6) is 0 Å². The Morgan fingerprint density at radius 2 is 1.81 bits per heavy atom. The van der Waals surface area contributed by atoms with Gasteiger partial charge in [0.1, 0.15) is 5.69 Å². The molecule has 3 N–H and O–H groups in total. The molecule has 2 heterocycles. The number of anilines is 2. The number of pyridine rings is 2. The first-order chi connectivity index (χ1) is 10.2. The van der Waals surface area contributed by atoms with Crippen molar-refractivity contribution in [3.8, 4) is 0 Å². The molecule has 5 nitrogen and oxygen atoms in total. The van der Waals surface area contributed by atoms with Gasteiger partial charge in [-0.15, -0.1) is 0 Å². The zero-order valence-corrected chi connectivity index (χ0v) is 11.6. The van der Waals surface area contributed by atoms with Crippen molar-refractivity contribution in [2.24, 2.45) is 0 Å². The third-order valence-corrected chi connectivity index (χ3v) is 3.42. The number of aromatic nitrogens is 2. The highest BCUT2D eigenvalue weighted by Gasteiger charge is 2.14. The highest BCUT2D eigenvalue weighted by atomic mass is 35.5. The predicted molar refractivity (Wildman–Crippen MR) is 83.4 cm³/mol. The van der Waals surface area contributed by atoms with Gasteiger partial charge in [0.05, 0.1) is 10.7 Å². The van der Waals surface area contributed by atoms with Crippen LogP contribution >= 0.6 is 11.6 Å². The molecule has 104 valence electrons. The zero-order valence-electron chi connectivity index (χ0n) is 10.9. The monoisotopic (exact) mass is 298 g/mol. The minimum absolute atomic E-state index is 0.299. The van der Waals surface area contributed by atoms with Crippen LogP contribution in [-0.4, -0.2) is 15.9 Å². The third-order valence-electron chi connectivity index (χ3n) is 3.09. The second-order valence-corrected chi connectivity index (χ2v) is 4.81. The molecule has 0 bridgehead atoms. The maximum atomic E-state index is 12.4. The van der Waals surface area contributed by atoms with Crippen LogP contribution in [0.1, 0.15) is 10.5 Å². The Kier molecular flexibility index (Phi) is 3.41. The highest BCUT2D eigenvalue weighted by molar-refractivity contribution is 6.35. The first-order valence-corrected chi connectivity index (χ1v) is 6.58. The first-order valence-electron chi connectivity index (χ1n) is 6.21. The summed E-state index contributed by atoms with van der Waals surface area (Å²) in [7, 11) is 0. The number of benzene rings is 1. The Morgan fingerprint density at radius 3 is 2.57 bits per heavy atom. The number of nitrogens with two attached hydrogens (primary N) is 1. The average molecular weight is 299 g/mol. The molecule has 1 aromatic carbocycles. The maximum Gasteiger partial charge on any atom is 0.274 e. The molecule has 0 fully saturated rings. The van der Waals surface area contributed by atoms with Gasteiger partial charge in [-0.05, 0) is 24.3 Å². The molecule has 2 aromatic heterocycles. The lowest BCUT2D eigenvalue weighted by atomic mass is 10.1. The van der Waals surface area contributed by atoms with Crippen molar-refractivity contribution in [1.29, 1.82) is 0 Å². The molecule has 0 spiro atoms. The normalized spacial score (nSPS) is 10.5. The molecule has 3 rings (SSSR count). The molecule has 3 aromatic rings. The van der Waals surface area contributed by atoms with E-state index >= 15 is 0 Å². The quantitative estimate of drug-likeness (QED) is 0.712. The van der Waals surface area contributed by atoms with Gasteiger partial charge in [0.15, 0.2) is 0 Å². The SMILES string of the molecule is Nc1c(Cl)ccc2c(C(=O)Nc3ccncc3)nccc12. The molecule has 0 saturated carbocycles.